The smallest absolute Gasteiger partial charge is 0.0267 e. The van der Waals surface area contributed by atoms with E-state index in [9.17, 15) is 0 Å². The average Bonchev–Trinajstić information content (AvgIpc) is 3.40. The lowest BCUT2D eigenvalue weighted by Gasteiger charge is -2.44. The molecule has 0 aromatic carbocycles. The van der Waals surface area contributed by atoms with Crippen molar-refractivity contribution in [3.63, 3.8) is 0 Å². The van der Waals surface area contributed by atoms with Gasteiger partial charge >= 0.3 is 0 Å². The minimum Gasteiger partial charge on any atom is -0.144 e. The molecule has 4 rings (SSSR count). The molecule has 2 aliphatic carbocycles. The number of thiophene rings is 2. The molecule has 0 bridgehead atoms. The third kappa shape index (κ3) is 5.07. The van der Waals surface area contributed by atoms with Crippen LogP contribution in [0.25, 0.3) is 12.2 Å². The second-order valence-electron chi connectivity index (χ2n) is 9.21. The summed E-state index contributed by atoms with van der Waals surface area (Å²) < 4.78 is 0. The van der Waals surface area contributed by atoms with E-state index in [4.69, 9.17) is 0 Å². The molecular formula is C26H34S2. The molecule has 150 valence electrons. The Labute approximate surface area is 179 Å². The summed E-state index contributed by atoms with van der Waals surface area (Å²) in [5.41, 5.74) is 0. The summed E-state index contributed by atoms with van der Waals surface area (Å²) in [4.78, 5) is 2.80. The van der Waals surface area contributed by atoms with E-state index in [1.54, 1.807) is 0 Å². The molecule has 0 amide bonds. The van der Waals surface area contributed by atoms with Gasteiger partial charge in [0.25, 0.3) is 0 Å². The first-order valence-corrected chi connectivity index (χ1v) is 12.9. The average molecular weight is 411 g/mol. The van der Waals surface area contributed by atoms with Crippen LogP contribution in [0.4, 0.5) is 0 Å². The number of hydrogen-bond donors (Lipinski definition) is 0. The van der Waals surface area contributed by atoms with Crippen LogP contribution in [-0.4, -0.2) is 0 Å². The molecule has 0 N–H and O–H groups in total. The van der Waals surface area contributed by atoms with Gasteiger partial charge in [-0.15, -0.1) is 22.7 Å². The summed E-state index contributed by atoms with van der Waals surface area (Å²) in [5.74, 6) is 4.98. The lowest BCUT2D eigenvalue weighted by atomic mass is 9.61. The molecule has 4 unspecified atom stereocenters. The molecule has 2 fully saturated rings. The molecule has 2 aromatic heterocycles. The fourth-order valence-electron chi connectivity index (χ4n) is 5.45. The van der Waals surface area contributed by atoms with Crippen LogP contribution >= 0.6 is 22.7 Å². The maximum Gasteiger partial charge on any atom is 0.0267 e. The van der Waals surface area contributed by atoms with Crippen molar-refractivity contribution in [2.45, 2.75) is 52.4 Å². The van der Waals surface area contributed by atoms with E-state index in [0.717, 1.165) is 35.5 Å². The quantitative estimate of drug-likeness (QED) is 0.462. The Kier molecular flexibility index (Phi) is 6.90. The monoisotopic (exact) mass is 410 g/mol. The first kappa shape index (κ1) is 20.2. The molecule has 0 nitrogen and oxygen atoms in total. The van der Waals surface area contributed by atoms with Crippen molar-refractivity contribution < 1.29 is 0 Å². The van der Waals surface area contributed by atoms with Crippen molar-refractivity contribution >= 4 is 34.8 Å². The number of hydrogen-bond acceptors (Lipinski definition) is 2. The van der Waals surface area contributed by atoms with Gasteiger partial charge < -0.3 is 0 Å². The normalized spacial score (nSPS) is 34.4. The van der Waals surface area contributed by atoms with Gasteiger partial charge in [-0.1, -0.05) is 51.0 Å². The maximum absolute atomic E-state index is 2.57. The predicted molar refractivity (Wildman–Crippen MR) is 127 cm³/mol. The third-order valence-corrected chi connectivity index (χ3v) is 8.91. The Morgan fingerprint density at radius 2 is 1.39 bits per heavy atom. The van der Waals surface area contributed by atoms with Gasteiger partial charge in [0.2, 0.25) is 0 Å². The van der Waals surface area contributed by atoms with Gasteiger partial charge in [0.1, 0.15) is 0 Å². The zero-order valence-electron chi connectivity index (χ0n) is 17.3. The highest BCUT2D eigenvalue weighted by atomic mass is 32.1. The molecule has 0 radical (unpaired) electrons. The van der Waals surface area contributed by atoms with Crippen molar-refractivity contribution in [1.82, 2.24) is 0 Å². The van der Waals surface area contributed by atoms with Crippen molar-refractivity contribution in [2.24, 2.45) is 35.5 Å². The summed E-state index contributed by atoms with van der Waals surface area (Å²) in [6.07, 6.45) is 18.4. The molecule has 2 heterocycles. The largest absolute Gasteiger partial charge is 0.144 e. The van der Waals surface area contributed by atoms with Gasteiger partial charge in [-0.2, -0.15) is 0 Å². The van der Waals surface area contributed by atoms with Crippen molar-refractivity contribution in [3.05, 3.63) is 56.9 Å². The molecule has 28 heavy (non-hydrogen) atoms. The number of allylic oxidation sites excluding steroid dienone is 2. The first-order valence-electron chi connectivity index (χ1n) is 11.1. The van der Waals surface area contributed by atoms with Gasteiger partial charge in [0, 0.05) is 9.75 Å². The molecule has 2 heteroatoms. The highest BCUT2D eigenvalue weighted by Crippen LogP contribution is 2.47. The van der Waals surface area contributed by atoms with Crippen LogP contribution in [0.1, 0.15) is 62.1 Å². The summed E-state index contributed by atoms with van der Waals surface area (Å²) >= 11 is 3.71. The Hall–Kier alpha value is -1.12. The van der Waals surface area contributed by atoms with E-state index >= 15 is 0 Å². The van der Waals surface area contributed by atoms with E-state index in [0.29, 0.717) is 0 Å². The highest BCUT2D eigenvalue weighted by molar-refractivity contribution is 7.11. The molecule has 2 saturated carbocycles. The van der Waals surface area contributed by atoms with Gasteiger partial charge in [-0.05, 0) is 96.2 Å². The Balaban J connectivity index is 1.50. The standard InChI is InChI=1S/C26H34S2/c1-19-7-9-21(10-8-19)26-18-22(11-13-24-5-3-15-27-24)20(2)17-23(26)12-14-25-6-4-16-28-25/h3-6,11-16,19-23,26H,7-10,17-18H2,1-2H3/b13-11?,14-12+. The van der Waals surface area contributed by atoms with Crippen molar-refractivity contribution in [2.75, 3.05) is 0 Å². The second-order valence-corrected chi connectivity index (χ2v) is 11.2. The minimum absolute atomic E-state index is 0.734. The van der Waals surface area contributed by atoms with Gasteiger partial charge in [-0.25, -0.2) is 0 Å². The Bertz CT molecular complexity index is 744. The van der Waals surface area contributed by atoms with Crippen LogP contribution in [0.5, 0.6) is 0 Å². The third-order valence-electron chi connectivity index (χ3n) is 7.24. The Morgan fingerprint density at radius 1 is 0.786 bits per heavy atom. The zero-order chi connectivity index (χ0) is 19.3. The predicted octanol–water partition coefficient (Wildman–Crippen LogP) is 8.64. The van der Waals surface area contributed by atoms with Gasteiger partial charge in [0.05, 0.1) is 0 Å². The summed E-state index contributed by atoms with van der Waals surface area (Å²) in [6.45, 7) is 4.93. The molecule has 0 saturated heterocycles. The van der Waals surface area contributed by atoms with Crippen molar-refractivity contribution in [3.8, 4) is 0 Å². The summed E-state index contributed by atoms with van der Waals surface area (Å²) in [6, 6.07) is 8.81. The topological polar surface area (TPSA) is 0 Å². The highest BCUT2D eigenvalue weighted by Gasteiger charge is 2.37. The molecule has 2 aromatic rings. The van der Waals surface area contributed by atoms with Crippen LogP contribution in [0.2, 0.25) is 0 Å². The van der Waals surface area contributed by atoms with E-state index < -0.39 is 0 Å². The Morgan fingerprint density at radius 3 is 1.96 bits per heavy atom. The van der Waals surface area contributed by atoms with E-state index in [2.05, 4.69) is 73.2 Å². The first-order chi connectivity index (χ1) is 13.7. The van der Waals surface area contributed by atoms with Crippen LogP contribution in [0.15, 0.2) is 47.2 Å². The van der Waals surface area contributed by atoms with Gasteiger partial charge in [-0.3, -0.25) is 0 Å². The molecule has 4 atom stereocenters. The van der Waals surface area contributed by atoms with Gasteiger partial charge in [0.15, 0.2) is 0 Å². The van der Waals surface area contributed by atoms with Crippen LogP contribution in [-0.2, 0) is 0 Å². The lowest BCUT2D eigenvalue weighted by molar-refractivity contribution is 0.0943. The SMILES string of the molecule is CC1CCC(C2CC(C=Cc3cccs3)C(C)CC2/C=C/c2cccs2)CC1. The van der Waals surface area contributed by atoms with Crippen LogP contribution in [0.3, 0.4) is 0 Å². The molecular weight excluding hydrogens is 376 g/mol. The van der Waals surface area contributed by atoms with Crippen LogP contribution < -0.4 is 0 Å². The van der Waals surface area contributed by atoms with E-state index in [-0.39, 0.29) is 0 Å². The maximum atomic E-state index is 2.57. The molecule has 0 aliphatic heterocycles. The van der Waals surface area contributed by atoms with E-state index in [1.165, 1.54) is 48.3 Å². The van der Waals surface area contributed by atoms with Crippen molar-refractivity contribution in [1.29, 1.82) is 0 Å². The van der Waals surface area contributed by atoms with E-state index in [1.807, 2.05) is 22.7 Å². The summed E-state index contributed by atoms with van der Waals surface area (Å²) in [7, 11) is 0. The lowest BCUT2D eigenvalue weighted by Crippen LogP contribution is -2.35. The fourth-order valence-corrected chi connectivity index (χ4v) is 6.71. The summed E-state index contributed by atoms with van der Waals surface area (Å²) in [5, 5.41) is 4.37. The zero-order valence-corrected chi connectivity index (χ0v) is 18.9. The molecule has 2 aliphatic rings. The molecule has 0 spiro atoms. The minimum atomic E-state index is 0.734. The number of rotatable bonds is 5. The second kappa shape index (κ2) is 9.59. The fraction of sp³-hybridized carbons (Fsp3) is 0.538. The van der Waals surface area contributed by atoms with Crippen LogP contribution in [0, 0.1) is 35.5 Å².